The van der Waals surface area contributed by atoms with Crippen molar-refractivity contribution in [2.24, 2.45) is 5.73 Å². The minimum atomic E-state index is -0.498. The Labute approximate surface area is 93.2 Å². The Morgan fingerprint density at radius 1 is 1.60 bits per heavy atom. The maximum atomic E-state index is 13.0. The van der Waals surface area contributed by atoms with Crippen molar-refractivity contribution in [2.45, 2.75) is 18.9 Å². The van der Waals surface area contributed by atoms with Crippen molar-refractivity contribution in [2.75, 3.05) is 0 Å². The number of hydrogen-bond acceptors (Lipinski definition) is 2. The minimum Gasteiger partial charge on any atom is -0.506 e. The summed E-state index contributed by atoms with van der Waals surface area (Å²) >= 11 is 5.63. The van der Waals surface area contributed by atoms with Crippen molar-refractivity contribution < 1.29 is 9.50 Å². The molecule has 15 heavy (non-hydrogen) atoms. The van der Waals surface area contributed by atoms with Crippen LogP contribution in [-0.2, 0) is 0 Å². The van der Waals surface area contributed by atoms with Gasteiger partial charge in [0.2, 0.25) is 0 Å². The predicted octanol–water partition coefficient (Wildman–Crippen LogP) is 3.15. The van der Waals surface area contributed by atoms with Gasteiger partial charge in [-0.2, -0.15) is 0 Å². The molecule has 0 unspecified atom stereocenters. The highest BCUT2D eigenvalue weighted by Crippen LogP contribution is 2.33. The summed E-state index contributed by atoms with van der Waals surface area (Å²) in [6.07, 6.45) is 3.02. The molecular formula is C11H13ClFNO. The Bertz CT molecular complexity index is 368. The van der Waals surface area contributed by atoms with Crippen molar-refractivity contribution in [1.82, 2.24) is 0 Å². The molecule has 0 heterocycles. The van der Waals surface area contributed by atoms with Crippen LogP contribution in [0, 0.1) is 5.82 Å². The summed E-state index contributed by atoms with van der Waals surface area (Å²) < 4.78 is 13.0. The topological polar surface area (TPSA) is 46.2 Å². The van der Waals surface area contributed by atoms with Crippen LogP contribution in [0.5, 0.6) is 5.75 Å². The van der Waals surface area contributed by atoms with Crippen LogP contribution in [-0.4, -0.2) is 5.11 Å². The minimum absolute atomic E-state index is 0.0148. The average molecular weight is 230 g/mol. The van der Waals surface area contributed by atoms with E-state index in [4.69, 9.17) is 17.3 Å². The molecule has 0 radical (unpaired) electrons. The average Bonchev–Trinajstić information content (AvgIpc) is 2.19. The molecule has 0 aliphatic heterocycles. The van der Waals surface area contributed by atoms with Crippen LogP contribution in [0.15, 0.2) is 24.8 Å². The molecule has 0 spiro atoms. The molecule has 1 aromatic carbocycles. The van der Waals surface area contributed by atoms with Gasteiger partial charge in [0.1, 0.15) is 11.6 Å². The molecule has 0 aromatic heterocycles. The normalized spacial score (nSPS) is 12.5. The quantitative estimate of drug-likeness (QED) is 0.780. The molecule has 0 fully saturated rings. The summed E-state index contributed by atoms with van der Waals surface area (Å²) in [6.45, 7) is 3.57. The lowest BCUT2D eigenvalue weighted by atomic mass is 10.0. The molecule has 0 aliphatic rings. The largest absolute Gasteiger partial charge is 0.506 e. The number of hydrogen-bond donors (Lipinski definition) is 2. The van der Waals surface area contributed by atoms with Gasteiger partial charge in [0.25, 0.3) is 0 Å². The van der Waals surface area contributed by atoms with Crippen LogP contribution in [0.1, 0.15) is 24.4 Å². The van der Waals surface area contributed by atoms with E-state index in [1.54, 1.807) is 6.08 Å². The zero-order valence-electron chi connectivity index (χ0n) is 8.21. The molecule has 0 saturated heterocycles. The van der Waals surface area contributed by atoms with E-state index in [0.29, 0.717) is 18.4 Å². The van der Waals surface area contributed by atoms with Gasteiger partial charge in [-0.05, 0) is 25.0 Å². The second-order valence-electron chi connectivity index (χ2n) is 3.30. The second-order valence-corrected chi connectivity index (χ2v) is 3.71. The van der Waals surface area contributed by atoms with E-state index in [1.165, 1.54) is 6.07 Å². The Morgan fingerprint density at radius 3 is 2.87 bits per heavy atom. The van der Waals surface area contributed by atoms with Crippen LogP contribution < -0.4 is 5.73 Å². The van der Waals surface area contributed by atoms with Gasteiger partial charge in [-0.25, -0.2) is 4.39 Å². The Kier molecular flexibility index (Phi) is 4.12. The van der Waals surface area contributed by atoms with Gasteiger partial charge in [-0.15, -0.1) is 6.58 Å². The van der Waals surface area contributed by atoms with Gasteiger partial charge in [0.15, 0.2) is 0 Å². The summed E-state index contributed by atoms with van der Waals surface area (Å²) in [5.41, 5.74) is 6.12. The number of benzene rings is 1. The third-order valence-corrected chi connectivity index (χ3v) is 2.43. The molecule has 0 aliphatic carbocycles. The summed E-state index contributed by atoms with van der Waals surface area (Å²) in [7, 11) is 0. The molecule has 1 rings (SSSR count). The lowest BCUT2D eigenvalue weighted by Crippen LogP contribution is -2.10. The van der Waals surface area contributed by atoms with E-state index in [2.05, 4.69) is 6.58 Å². The zero-order valence-corrected chi connectivity index (χ0v) is 8.97. The van der Waals surface area contributed by atoms with E-state index >= 15 is 0 Å². The number of rotatable bonds is 4. The molecule has 1 atom stereocenters. The maximum absolute atomic E-state index is 13.0. The zero-order chi connectivity index (χ0) is 11.4. The van der Waals surface area contributed by atoms with Crippen molar-refractivity contribution in [3.8, 4) is 5.75 Å². The highest BCUT2D eigenvalue weighted by Gasteiger charge is 2.14. The highest BCUT2D eigenvalue weighted by atomic mass is 35.5. The Balaban J connectivity index is 2.96. The number of phenolic OH excluding ortho intramolecular Hbond substituents is 1. The Hall–Kier alpha value is -1.06. The summed E-state index contributed by atoms with van der Waals surface area (Å²) in [4.78, 5) is 0. The number of phenols is 1. The number of aromatic hydroxyl groups is 1. The van der Waals surface area contributed by atoms with E-state index in [0.717, 1.165) is 6.07 Å². The number of allylic oxidation sites excluding steroid dienone is 1. The second kappa shape index (κ2) is 5.14. The standard InChI is InChI=1S/C11H13ClFNO/c1-2-3-4-10(14)8-5-7(13)6-9(12)11(8)15/h2,5-6,10,15H,1,3-4,14H2/t10-/m1/s1. The van der Waals surface area contributed by atoms with Crippen molar-refractivity contribution in [3.63, 3.8) is 0 Å². The van der Waals surface area contributed by atoms with Gasteiger partial charge in [-0.3, -0.25) is 0 Å². The monoisotopic (exact) mass is 229 g/mol. The van der Waals surface area contributed by atoms with Crippen molar-refractivity contribution >= 4 is 11.6 Å². The summed E-state index contributed by atoms with van der Waals surface area (Å²) in [5.74, 6) is -0.642. The molecule has 0 bridgehead atoms. The van der Waals surface area contributed by atoms with Gasteiger partial charge in [0.05, 0.1) is 5.02 Å². The fraction of sp³-hybridized carbons (Fsp3) is 0.273. The van der Waals surface area contributed by atoms with Crippen LogP contribution in [0.4, 0.5) is 4.39 Å². The van der Waals surface area contributed by atoms with Crippen molar-refractivity contribution in [3.05, 3.63) is 41.2 Å². The molecule has 3 N–H and O–H groups in total. The fourth-order valence-electron chi connectivity index (χ4n) is 1.32. The summed E-state index contributed by atoms with van der Waals surface area (Å²) in [5, 5.41) is 9.57. The smallest absolute Gasteiger partial charge is 0.139 e. The molecule has 0 amide bonds. The molecule has 4 heteroatoms. The first-order valence-electron chi connectivity index (χ1n) is 4.60. The van der Waals surface area contributed by atoms with Crippen molar-refractivity contribution in [1.29, 1.82) is 0 Å². The van der Waals surface area contributed by atoms with E-state index in [-0.39, 0.29) is 10.8 Å². The Morgan fingerprint density at radius 2 is 2.27 bits per heavy atom. The SMILES string of the molecule is C=CCC[C@@H](N)c1cc(F)cc(Cl)c1O. The van der Waals surface area contributed by atoms with Crippen LogP contribution in [0.2, 0.25) is 5.02 Å². The van der Waals surface area contributed by atoms with Crippen LogP contribution >= 0.6 is 11.6 Å². The third kappa shape index (κ3) is 2.94. The lowest BCUT2D eigenvalue weighted by Gasteiger charge is -2.13. The van der Waals surface area contributed by atoms with Crippen LogP contribution in [0.25, 0.3) is 0 Å². The van der Waals surface area contributed by atoms with E-state index in [1.807, 2.05) is 0 Å². The first-order chi connectivity index (χ1) is 7.06. The number of halogens is 2. The summed E-state index contributed by atoms with van der Waals surface area (Å²) in [6, 6.07) is 1.83. The fourth-order valence-corrected chi connectivity index (χ4v) is 1.53. The van der Waals surface area contributed by atoms with Gasteiger partial charge >= 0.3 is 0 Å². The predicted molar refractivity (Wildman–Crippen MR) is 59.4 cm³/mol. The molecule has 82 valence electrons. The molecule has 2 nitrogen and oxygen atoms in total. The first kappa shape index (κ1) is 12.0. The highest BCUT2D eigenvalue weighted by molar-refractivity contribution is 6.32. The molecular weight excluding hydrogens is 217 g/mol. The first-order valence-corrected chi connectivity index (χ1v) is 4.98. The third-order valence-electron chi connectivity index (χ3n) is 2.14. The van der Waals surface area contributed by atoms with Crippen LogP contribution in [0.3, 0.4) is 0 Å². The van der Waals surface area contributed by atoms with Gasteiger partial charge in [0, 0.05) is 11.6 Å². The van der Waals surface area contributed by atoms with Gasteiger partial charge in [-0.1, -0.05) is 17.7 Å². The number of nitrogens with two attached hydrogens (primary N) is 1. The van der Waals surface area contributed by atoms with E-state index in [9.17, 15) is 9.50 Å². The maximum Gasteiger partial charge on any atom is 0.139 e. The molecule has 1 aromatic rings. The lowest BCUT2D eigenvalue weighted by molar-refractivity contribution is 0.456. The van der Waals surface area contributed by atoms with E-state index < -0.39 is 11.9 Å². The molecule has 0 saturated carbocycles. The van der Waals surface area contributed by atoms with Gasteiger partial charge < -0.3 is 10.8 Å².